The van der Waals surface area contributed by atoms with E-state index in [1.807, 2.05) is 19.9 Å². The van der Waals surface area contributed by atoms with Gasteiger partial charge < -0.3 is 14.0 Å². The first kappa shape index (κ1) is 22.3. The van der Waals surface area contributed by atoms with Gasteiger partial charge in [0.25, 0.3) is 0 Å². The van der Waals surface area contributed by atoms with Crippen LogP contribution in [0.5, 0.6) is 5.88 Å². The summed E-state index contributed by atoms with van der Waals surface area (Å²) in [6.07, 6.45) is 5.49. The van der Waals surface area contributed by atoms with E-state index in [1.54, 1.807) is 10.9 Å². The van der Waals surface area contributed by atoms with E-state index in [2.05, 4.69) is 51.7 Å². The SMILES string of the molecule is Cc1cc(C)cc(-n2ncc3c(OCC(=O)c4cc(C)n(CC5CCCO5)c4C)ncnc32)c1. The fraction of sp³-hybridized carbons (Fsp3) is 0.385. The molecule has 1 unspecified atom stereocenters. The Balaban J connectivity index is 1.35. The number of ketones is 1. The largest absolute Gasteiger partial charge is 0.469 e. The van der Waals surface area contributed by atoms with Crippen molar-refractivity contribution in [2.24, 2.45) is 0 Å². The molecule has 0 bridgehead atoms. The van der Waals surface area contributed by atoms with Crippen molar-refractivity contribution in [2.45, 2.75) is 53.2 Å². The molecule has 0 aliphatic carbocycles. The summed E-state index contributed by atoms with van der Waals surface area (Å²) in [7, 11) is 0. The zero-order valence-corrected chi connectivity index (χ0v) is 20.0. The minimum atomic E-state index is -0.106. The molecule has 176 valence electrons. The lowest BCUT2D eigenvalue weighted by molar-refractivity contribution is 0.0912. The van der Waals surface area contributed by atoms with Gasteiger partial charge in [-0.15, -0.1) is 0 Å². The second-order valence-corrected chi connectivity index (χ2v) is 9.06. The van der Waals surface area contributed by atoms with E-state index >= 15 is 0 Å². The van der Waals surface area contributed by atoms with E-state index in [0.29, 0.717) is 22.5 Å². The van der Waals surface area contributed by atoms with Crippen LogP contribution in [0.4, 0.5) is 0 Å². The van der Waals surface area contributed by atoms with Crippen molar-refractivity contribution >= 4 is 16.8 Å². The van der Waals surface area contributed by atoms with E-state index in [4.69, 9.17) is 9.47 Å². The van der Waals surface area contributed by atoms with Crippen molar-refractivity contribution in [1.82, 2.24) is 24.3 Å². The van der Waals surface area contributed by atoms with E-state index < -0.39 is 0 Å². The van der Waals surface area contributed by atoms with Crippen LogP contribution in [-0.4, -0.2) is 49.4 Å². The Kier molecular flexibility index (Phi) is 5.91. The summed E-state index contributed by atoms with van der Waals surface area (Å²) < 4.78 is 15.6. The zero-order chi connectivity index (χ0) is 23.8. The van der Waals surface area contributed by atoms with Crippen LogP contribution in [0.3, 0.4) is 0 Å². The number of hydrogen-bond donors (Lipinski definition) is 0. The average Bonchev–Trinajstić information content (AvgIpc) is 3.53. The highest BCUT2D eigenvalue weighted by Crippen LogP contribution is 2.25. The molecule has 1 aliphatic rings. The molecular formula is C26H29N5O3. The molecule has 8 heteroatoms. The van der Waals surface area contributed by atoms with Crippen LogP contribution in [0.2, 0.25) is 0 Å². The van der Waals surface area contributed by atoms with Gasteiger partial charge in [-0.25, -0.2) is 14.6 Å². The van der Waals surface area contributed by atoms with Crippen molar-refractivity contribution in [3.05, 3.63) is 64.9 Å². The van der Waals surface area contributed by atoms with Crippen LogP contribution in [-0.2, 0) is 11.3 Å². The third kappa shape index (κ3) is 4.21. The first-order valence-electron chi connectivity index (χ1n) is 11.6. The lowest BCUT2D eigenvalue weighted by atomic mass is 10.1. The molecule has 3 aromatic heterocycles. The Morgan fingerprint density at radius 3 is 2.65 bits per heavy atom. The molecule has 0 radical (unpaired) electrons. The number of nitrogens with zero attached hydrogens (tertiary/aromatic N) is 5. The van der Waals surface area contributed by atoms with E-state index in [-0.39, 0.29) is 18.5 Å². The maximum Gasteiger partial charge on any atom is 0.228 e. The second kappa shape index (κ2) is 9.02. The minimum absolute atomic E-state index is 0.0832. The molecule has 0 spiro atoms. The summed E-state index contributed by atoms with van der Waals surface area (Å²) in [5, 5.41) is 5.17. The highest BCUT2D eigenvalue weighted by Gasteiger charge is 2.22. The lowest BCUT2D eigenvalue weighted by Gasteiger charge is -2.14. The van der Waals surface area contributed by atoms with Crippen LogP contribution >= 0.6 is 0 Å². The van der Waals surface area contributed by atoms with Gasteiger partial charge in [-0.05, 0) is 69.9 Å². The van der Waals surface area contributed by atoms with Gasteiger partial charge in [0.15, 0.2) is 12.3 Å². The normalized spacial score (nSPS) is 15.8. The number of fused-ring (bicyclic) bond motifs is 1. The number of rotatable bonds is 7. The van der Waals surface area contributed by atoms with Gasteiger partial charge in [-0.3, -0.25) is 4.79 Å². The molecule has 34 heavy (non-hydrogen) atoms. The van der Waals surface area contributed by atoms with Gasteiger partial charge >= 0.3 is 0 Å². The first-order valence-corrected chi connectivity index (χ1v) is 11.6. The molecule has 1 aromatic carbocycles. The van der Waals surface area contributed by atoms with Crippen molar-refractivity contribution in [3.8, 4) is 11.6 Å². The van der Waals surface area contributed by atoms with Crippen molar-refractivity contribution in [3.63, 3.8) is 0 Å². The van der Waals surface area contributed by atoms with E-state index in [1.165, 1.54) is 6.33 Å². The number of benzene rings is 1. The van der Waals surface area contributed by atoms with Crippen LogP contribution in [0.15, 0.2) is 36.8 Å². The third-order valence-electron chi connectivity index (χ3n) is 6.40. The Hall–Kier alpha value is -3.52. The molecule has 8 nitrogen and oxygen atoms in total. The monoisotopic (exact) mass is 459 g/mol. The highest BCUT2D eigenvalue weighted by atomic mass is 16.5. The topological polar surface area (TPSA) is 84.1 Å². The predicted molar refractivity (Wildman–Crippen MR) is 129 cm³/mol. The fourth-order valence-corrected chi connectivity index (χ4v) is 4.77. The average molecular weight is 460 g/mol. The Labute approximate surface area is 198 Å². The molecule has 1 aliphatic heterocycles. The van der Waals surface area contributed by atoms with Gasteiger partial charge in [0.1, 0.15) is 11.7 Å². The standard InChI is InChI=1S/C26H29N5O3/c1-16-8-17(2)10-20(9-16)31-25-23(12-29-31)26(28-15-27-25)34-14-24(32)22-11-18(3)30(19(22)4)13-21-6-5-7-33-21/h8-12,15,21H,5-7,13-14H2,1-4H3. The number of hydrogen-bond acceptors (Lipinski definition) is 6. The molecule has 1 saturated heterocycles. The maximum absolute atomic E-state index is 13.0. The molecule has 5 rings (SSSR count). The third-order valence-corrected chi connectivity index (χ3v) is 6.40. The quantitative estimate of drug-likeness (QED) is 0.383. The summed E-state index contributed by atoms with van der Waals surface area (Å²) in [5.74, 6) is 0.266. The Morgan fingerprint density at radius 1 is 1.12 bits per heavy atom. The van der Waals surface area contributed by atoms with Crippen LogP contribution in [0.25, 0.3) is 16.7 Å². The van der Waals surface area contributed by atoms with Gasteiger partial charge in [-0.1, -0.05) is 6.07 Å². The van der Waals surface area contributed by atoms with Crippen LogP contribution < -0.4 is 4.74 Å². The molecule has 1 atom stereocenters. The van der Waals surface area contributed by atoms with Crippen molar-refractivity contribution in [2.75, 3.05) is 13.2 Å². The number of aromatic nitrogens is 5. The lowest BCUT2D eigenvalue weighted by Crippen LogP contribution is -2.18. The molecule has 4 heterocycles. The number of aryl methyl sites for hydroxylation is 3. The molecule has 4 aromatic rings. The van der Waals surface area contributed by atoms with Crippen LogP contribution in [0.1, 0.15) is 45.7 Å². The molecular weight excluding hydrogens is 430 g/mol. The van der Waals surface area contributed by atoms with Gasteiger partial charge in [0, 0.05) is 30.1 Å². The summed E-state index contributed by atoms with van der Waals surface area (Å²) >= 11 is 0. The summed E-state index contributed by atoms with van der Waals surface area (Å²) in [6.45, 7) is 9.59. The highest BCUT2D eigenvalue weighted by molar-refractivity contribution is 5.98. The fourth-order valence-electron chi connectivity index (χ4n) is 4.77. The smallest absolute Gasteiger partial charge is 0.228 e. The maximum atomic E-state index is 13.0. The van der Waals surface area contributed by atoms with E-state index in [9.17, 15) is 4.79 Å². The van der Waals surface area contributed by atoms with Gasteiger partial charge in [-0.2, -0.15) is 5.10 Å². The molecule has 0 saturated carbocycles. The summed E-state index contributed by atoms with van der Waals surface area (Å²) in [4.78, 5) is 21.7. The minimum Gasteiger partial charge on any atom is -0.469 e. The summed E-state index contributed by atoms with van der Waals surface area (Å²) in [6, 6.07) is 8.15. The second-order valence-electron chi connectivity index (χ2n) is 9.06. The number of Topliss-reactive ketones (excluding diaryl/α,β-unsaturated/α-hetero) is 1. The van der Waals surface area contributed by atoms with E-state index in [0.717, 1.165) is 54.2 Å². The Bertz CT molecular complexity index is 1340. The Morgan fingerprint density at radius 2 is 1.91 bits per heavy atom. The summed E-state index contributed by atoms with van der Waals surface area (Å²) in [5.41, 5.74) is 6.52. The predicted octanol–water partition coefficient (Wildman–Crippen LogP) is 4.29. The molecule has 1 fully saturated rings. The molecule has 0 amide bonds. The number of carbonyl (C=O) groups excluding carboxylic acids is 1. The molecule has 0 N–H and O–H groups in total. The van der Waals surface area contributed by atoms with Crippen molar-refractivity contribution < 1.29 is 14.3 Å². The van der Waals surface area contributed by atoms with Crippen LogP contribution in [0, 0.1) is 27.7 Å². The van der Waals surface area contributed by atoms with Gasteiger partial charge in [0.2, 0.25) is 11.7 Å². The van der Waals surface area contributed by atoms with Gasteiger partial charge in [0.05, 0.1) is 18.0 Å². The zero-order valence-electron chi connectivity index (χ0n) is 20.0. The first-order chi connectivity index (χ1) is 16.4. The van der Waals surface area contributed by atoms with Crippen molar-refractivity contribution in [1.29, 1.82) is 0 Å². The number of ether oxygens (including phenoxy) is 2. The number of carbonyl (C=O) groups is 1.